The SMILES string of the molecule is Cc1ccc(C2(C(=N)N)CC2)s1. The quantitative estimate of drug-likeness (QED) is 0.531. The van der Waals surface area contributed by atoms with E-state index in [0.29, 0.717) is 5.84 Å². The number of hydrogen-bond donors (Lipinski definition) is 2. The lowest BCUT2D eigenvalue weighted by atomic mass is 10.0. The number of aryl methyl sites for hydroxylation is 1. The van der Waals surface area contributed by atoms with Gasteiger partial charge < -0.3 is 5.73 Å². The summed E-state index contributed by atoms with van der Waals surface area (Å²) in [6, 6.07) is 4.21. The molecule has 64 valence electrons. The molecule has 0 bridgehead atoms. The van der Waals surface area contributed by atoms with Crippen LogP contribution in [0.15, 0.2) is 12.1 Å². The fourth-order valence-corrected chi connectivity index (χ4v) is 2.59. The molecule has 1 heterocycles. The maximum absolute atomic E-state index is 7.49. The van der Waals surface area contributed by atoms with E-state index in [-0.39, 0.29) is 5.41 Å². The summed E-state index contributed by atoms with van der Waals surface area (Å²) in [6.45, 7) is 2.09. The first-order valence-corrected chi connectivity index (χ1v) is 4.88. The maximum atomic E-state index is 7.49. The second-order valence-corrected chi connectivity index (χ2v) is 4.69. The van der Waals surface area contributed by atoms with Crippen molar-refractivity contribution in [3.05, 3.63) is 21.9 Å². The molecule has 12 heavy (non-hydrogen) atoms. The molecule has 1 aliphatic carbocycles. The van der Waals surface area contributed by atoms with E-state index in [2.05, 4.69) is 19.1 Å². The highest BCUT2D eigenvalue weighted by Gasteiger charge is 2.48. The van der Waals surface area contributed by atoms with Gasteiger partial charge in [0.2, 0.25) is 0 Å². The minimum Gasteiger partial charge on any atom is -0.387 e. The van der Waals surface area contributed by atoms with Crippen LogP contribution in [0.5, 0.6) is 0 Å². The highest BCUT2D eigenvalue weighted by atomic mass is 32.1. The van der Waals surface area contributed by atoms with Crippen molar-refractivity contribution in [1.29, 1.82) is 5.41 Å². The molecule has 0 unspecified atom stereocenters. The molecule has 2 rings (SSSR count). The Kier molecular flexibility index (Phi) is 1.51. The molecule has 0 aliphatic heterocycles. The van der Waals surface area contributed by atoms with E-state index < -0.39 is 0 Å². The Bertz CT molecular complexity index is 323. The van der Waals surface area contributed by atoms with Crippen LogP contribution in [0.3, 0.4) is 0 Å². The zero-order valence-corrected chi connectivity index (χ0v) is 7.87. The first kappa shape index (κ1) is 7.80. The Morgan fingerprint density at radius 2 is 2.25 bits per heavy atom. The molecule has 1 aromatic heterocycles. The number of nitrogens with two attached hydrogens (primary N) is 1. The summed E-state index contributed by atoms with van der Waals surface area (Å²) in [4.78, 5) is 2.57. The lowest BCUT2D eigenvalue weighted by Crippen LogP contribution is -2.26. The normalized spacial score (nSPS) is 19.1. The zero-order valence-electron chi connectivity index (χ0n) is 7.05. The Balaban J connectivity index is 2.36. The summed E-state index contributed by atoms with van der Waals surface area (Å²) >= 11 is 1.76. The van der Waals surface area contributed by atoms with E-state index in [1.54, 1.807) is 11.3 Å². The fraction of sp³-hybridized carbons (Fsp3) is 0.444. The van der Waals surface area contributed by atoms with Crippen LogP contribution in [-0.4, -0.2) is 5.84 Å². The summed E-state index contributed by atoms with van der Waals surface area (Å²) in [7, 11) is 0. The van der Waals surface area contributed by atoms with Crippen LogP contribution in [-0.2, 0) is 5.41 Å². The molecule has 0 saturated heterocycles. The van der Waals surface area contributed by atoms with Gasteiger partial charge in [-0.3, -0.25) is 5.41 Å². The van der Waals surface area contributed by atoms with Gasteiger partial charge in [0, 0.05) is 9.75 Å². The van der Waals surface area contributed by atoms with Crippen molar-refractivity contribution >= 4 is 17.2 Å². The van der Waals surface area contributed by atoms with Crippen molar-refractivity contribution in [1.82, 2.24) is 0 Å². The predicted octanol–water partition coefficient (Wildman–Crippen LogP) is 2.02. The van der Waals surface area contributed by atoms with E-state index >= 15 is 0 Å². The molecule has 1 aromatic rings. The summed E-state index contributed by atoms with van der Waals surface area (Å²) in [5, 5.41) is 7.49. The highest BCUT2D eigenvalue weighted by molar-refractivity contribution is 7.12. The van der Waals surface area contributed by atoms with Crippen LogP contribution in [0.1, 0.15) is 22.6 Å². The molecule has 1 aliphatic rings. The van der Waals surface area contributed by atoms with Crippen molar-refractivity contribution in [3.8, 4) is 0 Å². The lowest BCUT2D eigenvalue weighted by molar-refractivity contribution is 0.950. The third-order valence-electron chi connectivity index (χ3n) is 2.48. The maximum Gasteiger partial charge on any atom is 0.102 e. The second-order valence-electron chi connectivity index (χ2n) is 3.41. The third kappa shape index (κ3) is 0.966. The number of amidine groups is 1. The van der Waals surface area contributed by atoms with Gasteiger partial charge in [-0.2, -0.15) is 0 Å². The van der Waals surface area contributed by atoms with Crippen molar-refractivity contribution in [2.75, 3.05) is 0 Å². The van der Waals surface area contributed by atoms with Crippen LogP contribution in [0.25, 0.3) is 0 Å². The molecule has 3 N–H and O–H groups in total. The van der Waals surface area contributed by atoms with Crippen LogP contribution in [0.2, 0.25) is 0 Å². The van der Waals surface area contributed by atoms with Gasteiger partial charge >= 0.3 is 0 Å². The molecule has 0 amide bonds. The molecule has 1 saturated carbocycles. The molecule has 1 fully saturated rings. The Hall–Kier alpha value is -0.830. The van der Waals surface area contributed by atoms with Crippen LogP contribution >= 0.6 is 11.3 Å². The molecule has 0 spiro atoms. The highest BCUT2D eigenvalue weighted by Crippen LogP contribution is 2.50. The van der Waals surface area contributed by atoms with Gasteiger partial charge in [-0.15, -0.1) is 11.3 Å². The van der Waals surface area contributed by atoms with E-state index in [9.17, 15) is 0 Å². The number of nitrogens with one attached hydrogen (secondary N) is 1. The molecule has 0 atom stereocenters. The summed E-state index contributed by atoms with van der Waals surface area (Å²) < 4.78 is 0. The van der Waals surface area contributed by atoms with Crippen molar-refractivity contribution in [3.63, 3.8) is 0 Å². The molecule has 0 radical (unpaired) electrons. The topological polar surface area (TPSA) is 49.9 Å². The van der Waals surface area contributed by atoms with Gasteiger partial charge in [-0.05, 0) is 31.9 Å². The number of thiophene rings is 1. The molecular weight excluding hydrogens is 168 g/mol. The van der Waals surface area contributed by atoms with Crippen molar-refractivity contribution in [2.24, 2.45) is 5.73 Å². The largest absolute Gasteiger partial charge is 0.387 e. The lowest BCUT2D eigenvalue weighted by Gasteiger charge is -2.09. The average molecular weight is 180 g/mol. The monoisotopic (exact) mass is 180 g/mol. The van der Waals surface area contributed by atoms with E-state index in [0.717, 1.165) is 12.8 Å². The summed E-state index contributed by atoms with van der Waals surface area (Å²) in [5.74, 6) is 0.337. The van der Waals surface area contributed by atoms with Gasteiger partial charge in [0.1, 0.15) is 5.84 Å². The van der Waals surface area contributed by atoms with Crippen LogP contribution in [0.4, 0.5) is 0 Å². The molecular formula is C9H12N2S. The average Bonchev–Trinajstić information content (AvgIpc) is 2.71. The minimum absolute atomic E-state index is 0.0566. The van der Waals surface area contributed by atoms with Gasteiger partial charge in [0.25, 0.3) is 0 Å². The third-order valence-corrected chi connectivity index (χ3v) is 3.68. The predicted molar refractivity (Wildman–Crippen MR) is 51.9 cm³/mol. The fourth-order valence-electron chi connectivity index (χ4n) is 1.47. The van der Waals surface area contributed by atoms with Gasteiger partial charge in [0.05, 0.1) is 5.41 Å². The zero-order chi connectivity index (χ0) is 8.77. The van der Waals surface area contributed by atoms with Crippen LogP contribution < -0.4 is 5.73 Å². The molecule has 2 nitrogen and oxygen atoms in total. The first-order valence-electron chi connectivity index (χ1n) is 4.06. The number of rotatable bonds is 2. The first-order chi connectivity index (χ1) is 5.65. The second kappa shape index (κ2) is 2.33. The van der Waals surface area contributed by atoms with E-state index in [4.69, 9.17) is 11.1 Å². The molecule has 0 aromatic carbocycles. The van der Waals surface area contributed by atoms with E-state index in [1.165, 1.54) is 9.75 Å². The van der Waals surface area contributed by atoms with Crippen LogP contribution in [0, 0.1) is 12.3 Å². The Morgan fingerprint density at radius 3 is 2.58 bits per heavy atom. The standard InChI is InChI=1S/C9H12N2S/c1-6-2-3-7(12-6)9(4-5-9)8(10)11/h2-3H,4-5H2,1H3,(H3,10,11). The van der Waals surface area contributed by atoms with Crippen molar-refractivity contribution in [2.45, 2.75) is 25.2 Å². The summed E-state index contributed by atoms with van der Waals surface area (Å²) in [5.41, 5.74) is 5.51. The smallest absolute Gasteiger partial charge is 0.102 e. The Morgan fingerprint density at radius 1 is 1.58 bits per heavy atom. The van der Waals surface area contributed by atoms with Gasteiger partial charge in [0.15, 0.2) is 0 Å². The Labute approximate surface area is 75.9 Å². The molecule has 3 heteroatoms. The minimum atomic E-state index is -0.0566. The van der Waals surface area contributed by atoms with Gasteiger partial charge in [-0.1, -0.05) is 0 Å². The van der Waals surface area contributed by atoms with E-state index in [1.807, 2.05) is 0 Å². The number of hydrogen-bond acceptors (Lipinski definition) is 2. The summed E-state index contributed by atoms with van der Waals surface area (Å²) in [6.07, 6.45) is 2.12. The van der Waals surface area contributed by atoms with Crippen molar-refractivity contribution < 1.29 is 0 Å². The van der Waals surface area contributed by atoms with Gasteiger partial charge in [-0.25, -0.2) is 0 Å².